The first-order valence-corrected chi connectivity index (χ1v) is 12.3. The maximum atomic E-state index is 14.0. The Kier molecular flexibility index (Phi) is 6.61. The SMILES string of the molecule is CSC(=O)CC1=C(C)C(=Cc2ccc(S(C)=C(C)C)cc2)C2=C1CC(F)C=C2. The van der Waals surface area contributed by atoms with Crippen molar-refractivity contribution in [3.8, 4) is 0 Å². The number of allylic oxidation sites excluding steroid dienone is 7. The highest BCUT2D eigenvalue weighted by Crippen LogP contribution is 2.45. The molecule has 0 amide bonds. The van der Waals surface area contributed by atoms with Gasteiger partial charge in [0.25, 0.3) is 0 Å². The van der Waals surface area contributed by atoms with Gasteiger partial charge >= 0.3 is 0 Å². The quantitative estimate of drug-likeness (QED) is 0.507. The van der Waals surface area contributed by atoms with Gasteiger partial charge in [-0.1, -0.05) is 30.0 Å². The van der Waals surface area contributed by atoms with Gasteiger partial charge in [0.05, 0.1) is 0 Å². The number of hydrogen-bond acceptors (Lipinski definition) is 2. The topological polar surface area (TPSA) is 17.1 Å². The van der Waals surface area contributed by atoms with E-state index >= 15 is 0 Å². The highest BCUT2D eigenvalue weighted by molar-refractivity contribution is 8.15. The molecule has 0 fully saturated rings. The van der Waals surface area contributed by atoms with Crippen molar-refractivity contribution in [1.82, 2.24) is 0 Å². The van der Waals surface area contributed by atoms with Crippen molar-refractivity contribution in [2.75, 3.05) is 12.5 Å². The van der Waals surface area contributed by atoms with Crippen LogP contribution in [0.3, 0.4) is 0 Å². The van der Waals surface area contributed by atoms with E-state index in [9.17, 15) is 9.18 Å². The molecular formula is C24H27FOS2. The maximum absolute atomic E-state index is 14.0. The Bertz CT molecular complexity index is 955. The van der Waals surface area contributed by atoms with E-state index in [2.05, 4.69) is 57.4 Å². The summed E-state index contributed by atoms with van der Waals surface area (Å²) in [4.78, 5) is 14.8. The normalized spacial score (nSPS) is 21.4. The summed E-state index contributed by atoms with van der Waals surface area (Å²) in [7, 11) is 0.156. The molecule has 1 aromatic rings. The van der Waals surface area contributed by atoms with Crippen molar-refractivity contribution >= 4 is 38.3 Å². The molecule has 0 aliphatic heterocycles. The van der Waals surface area contributed by atoms with Crippen LogP contribution in [0.4, 0.5) is 4.39 Å². The van der Waals surface area contributed by atoms with Crippen LogP contribution in [0, 0.1) is 0 Å². The first kappa shape index (κ1) is 21.1. The van der Waals surface area contributed by atoms with Crippen molar-refractivity contribution in [1.29, 1.82) is 0 Å². The van der Waals surface area contributed by atoms with Gasteiger partial charge in [-0.2, -0.15) is 10.5 Å². The summed E-state index contributed by atoms with van der Waals surface area (Å²) in [6.07, 6.45) is 9.50. The van der Waals surface area contributed by atoms with Gasteiger partial charge in [-0.05, 0) is 95.9 Å². The van der Waals surface area contributed by atoms with Gasteiger partial charge in [0.2, 0.25) is 0 Å². The van der Waals surface area contributed by atoms with E-state index in [-0.39, 0.29) is 15.6 Å². The minimum absolute atomic E-state index is 0.123. The molecule has 28 heavy (non-hydrogen) atoms. The van der Waals surface area contributed by atoms with Gasteiger partial charge in [-0.25, -0.2) is 4.39 Å². The van der Waals surface area contributed by atoms with Crippen molar-refractivity contribution in [2.24, 2.45) is 0 Å². The van der Waals surface area contributed by atoms with E-state index in [1.165, 1.54) is 21.5 Å². The van der Waals surface area contributed by atoms with E-state index in [0.29, 0.717) is 12.8 Å². The monoisotopic (exact) mass is 414 g/mol. The van der Waals surface area contributed by atoms with Crippen LogP contribution in [0.1, 0.15) is 39.2 Å². The molecule has 0 bridgehead atoms. The summed E-state index contributed by atoms with van der Waals surface area (Å²) in [6, 6.07) is 8.69. The standard InChI is InChI=1S/C24H27FOS2/c1-15(2)28(5)19-9-6-17(7-10-19)12-21-16(3)22(14-24(26)27-4)23-13-18(25)8-11-20(21)23/h6-12,18H,13-14H2,1-5H3. The van der Waals surface area contributed by atoms with E-state index in [0.717, 1.165) is 33.4 Å². The lowest BCUT2D eigenvalue weighted by atomic mass is 9.92. The molecule has 0 spiro atoms. The third-order valence-corrected chi connectivity index (χ3v) is 8.22. The molecule has 3 rings (SSSR count). The molecule has 0 aromatic heterocycles. The Labute approximate surface area is 174 Å². The van der Waals surface area contributed by atoms with Gasteiger partial charge in [0.1, 0.15) is 6.17 Å². The summed E-state index contributed by atoms with van der Waals surface area (Å²) in [6.45, 7) is 6.40. The van der Waals surface area contributed by atoms with Crippen molar-refractivity contribution in [3.63, 3.8) is 0 Å². The molecule has 1 nitrogen and oxygen atoms in total. The van der Waals surface area contributed by atoms with E-state index in [4.69, 9.17) is 0 Å². The Morgan fingerprint density at radius 1 is 1.29 bits per heavy atom. The number of rotatable bonds is 4. The van der Waals surface area contributed by atoms with Crippen LogP contribution in [-0.2, 0) is 4.79 Å². The highest BCUT2D eigenvalue weighted by atomic mass is 32.2. The molecule has 4 heteroatoms. The van der Waals surface area contributed by atoms with Crippen molar-refractivity contribution in [2.45, 2.75) is 44.7 Å². The minimum atomic E-state index is -0.972. The second kappa shape index (κ2) is 8.79. The molecule has 0 heterocycles. The summed E-state index contributed by atoms with van der Waals surface area (Å²) < 4.78 is 14.0. The molecule has 0 saturated heterocycles. The molecule has 2 unspecified atom stereocenters. The van der Waals surface area contributed by atoms with E-state index in [1.807, 2.05) is 6.08 Å². The molecule has 2 aliphatic rings. The highest BCUT2D eigenvalue weighted by Gasteiger charge is 2.30. The zero-order valence-electron chi connectivity index (χ0n) is 17.1. The summed E-state index contributed by atoms with van der Waals surface area (Å²) in [5.74, 6) is 0. The number of alkyl halides is 1. The fraction of sp³-hybridized carbons (Fsp3) is 0.333. The van der Waals surface area contributed by atoms with E-state index < -0.39 is 6.17 Å². The summed E-state index contributed by atoms with van der Waals surface area (Å²) in [5.41, 5.74) is 6.43. The zero-order chi connectivity index (χ0) is 20.4. The van der Waals surface area contributed by atoms with Gasteiger partial charge in [0, 0.05) is 17.7 Å². The second-order valence-corrected chi connectivity index (χ2v) is 10.5. The maximum Gasteiger partial charge on any atom is 0.193 e. The fourth-order valence-electron chi connectivity index (χ4n) is 3.62. The largest absolute Gasteiger partial charge is 0.287 e. The number of benzene rings is 1. The molecule has 0 radical (unpaired) electrons. The molecule has 148 valence electrons. The van der Waals surface area contributed by atoms with Crippen LogP contribution in [0.2, 0.25) is 0 Å². The van der Waals surface area contributed by atoms with Crippen LogP contribution in [-0.4, -0.2) is 28.7 Å². The predicted octanol–water partition coefficient (Wildman–Crippen LogP) is 6.74. The number of carbonyl (C=O) groups is 1. The molecule has 2 aliphatic carbocycles. The lowest BCUT2D eigenvalue weighted by molar-refractivity contribution is -0.110. The Hall–Kier alpha value is -1.65. The molecule has 1 aromatic carbocycles. The second-order valence-electron chi connectivity index (χ2n) is 7.37. The smallest absolute Gasteiger partial charge is 0.193 e. The fourth-order valence-corrected chi connectivity index (χ4v) is 4.92. The third-order valence-electron chi connectivity index (χ3n) is 5.41. The first-order chi connectivity index (χ1) is 13.3. The number of carbonyl (C=O) groups excluding carboxylic acids is 1. The molecule has 0 N–H and O–H groups in total. The summed E-state index contributed by atoms with van der Waals surface area (Å²) in [5, 5.41) is 0.123. The summed E-state index contributed by atoms with van der Waals surface area (Å²) >= 11 is 1.24. The van der Waals surface area contributed by atoms with Crippen LogP contribution in [0.25, 0.3) is 6.08 Å². The molecule has 0 saturated carbocycles. The molecular weight excluding hydrogens is 387 g/mol. The lowest BCUT2D eigenvalue weighted by Crippen LogP contribution is -2.06. The predicted molar refractivity (Wildman–Crippen MR) is 124 cm³/mol. The van der Waals surface area contributed by atoms with Crippen molar-refractivity contribution in [3.05, 3.63) is 69.8 Å². The number of hydrogen-bond donors (Lipinski definition) is 0. The number of halogens is 1. The number of thioether (sulfide) groups is 1. The van der Waals surface area contributed by atoms with Gasteiger partial charge in [-0.15, -0.1) is 0 Å². The average Bonchev–Trinajstić information content (AvgIpc) is 2.92. The Morgan fingerprint density at radius 2 is 1.96 bits per heavy atom. The minimum Gasteiger partial charge on any atom is -0.287 e. The van der Waals surface area contributed by atoms with Gasteiger partial charge in [-0.3, -0.25) is 4.79 Å². The Balaban J connectivity index is 2.01. The van der Waals surface area contributed by atoms with Crippen LogP contribution in [0.5, 0.6) is 0 Å². The van der Waals surface area contributed by atoms with Crippen LogP contribution >= 0.6 is 22.2 Å². The van der Waals surface area contributed by atoms with Crippen molar-refractivity contribution < 1.29 is 9.18 Å². The Morgan fingerprint density at radius 3 is 2.57 bits per heavy atom. The lowest BCUT2D eigenvalue weighted by Gasteiger charge is -2.15. The van der Waals surface area contributed by atoms with Gasteiger partial charge < -0.3 is 0 Å². The average molecular weight is 415 g/mol. The van der Waals surface area contributed by atoms with E-state index in [1.54, 1.807) is 12.3 Å². The third kappa shape index (κ3) is 4.33. The first-order valence-electron chi connectivity index (χ1n) is 9.42. The zero-order valence-corrected chi connectivity index (χ0v) is 18.8. The van der Waals surface area contributed by atoms with Crippen LogP contribution in [0.15, 0.2) is 69.2 Å². The molecule has 2 atom stereocenters. The van der Waals surface area contributed by atoms with Gasteiger partial charge in [0.15, 0.2) is 5.12 Å². The van der Waals surface area contributed by atoms with Crippen LogP contribution < -0.4 is 0 Å².